The Hall–Kier alpha value is -1.93. The quantitative estimate of drug-likeness (QED) is 0.672. The van der Waals surface area contributed by atoms with Crippen molar-refractivity contribution >= 4 is 24.5 Å². The molecule has 0 unspecified atom stereocenters. The molecule has 2 rings (SSSR count). The SMILES string of the molecule is COC(=O)c1cc(B2OC(C)(C)C(C)(C)O2)c(F)cc1C(=O)O. The topological polar surface area (TPSA) is 82.1 Å². The van der Waals surface area contributed by atoms with Crippen molar-refractivity contribution in [2.75, 3.05) is 7.11 Å². The lowest BCUT2D eigenvalue weighted by atomic mass is 9.77. The van der Waals surface area contributed by atoms with Gasteiger partial charge in [-0.15, -0.1) is 0 Å². The Kier molecular flexibility index (Phi) is 4.25. The predicted molar refractivity (Wildman–Crippen MR) is 80.4 cm³/mol. The van der Waals surface area contributed by atoms with Crippen LogP contribution in [0.3, 0.4) is 0 Å². The molecule has 0 saturated carbocycles. The summed E-state index contributed by atoms with van der Waals surface area (Å²) >= 11 is 0. The first-order valence-corrected chi connectivity index (χ1v) is 7.01. The first kappa shape index (κ1) is 17.4. The fourth-order valence-electron chi connectivity index (χ4n) is 2.20. The van der Waals surface area contributed by atoms with Gasteiger partial charge < -0.3 is 19.2 Å². The lowest BCUT2D eigenvalue weighted by Gasteiger charge is -2.32. The molecular formula is C15H18BFO6. The van der Waals surface area contributed by atoms with E-state index in [1.807, 2.05) is 0 Å². The molecule has 1 fully saturated rings. The van der Waals surface area contributed by atoms with Gasteiger partial charge in [-0.2, -0.15) is 0 Å². The smallest absolute Gasteiger partial charge is 0.478 e. The molecule has 0 atom stereocenters. The minimum Gasteiger partial charge on any atom is -0.478 e. The van der Waals surface area contributed by atoms with E-state index in [0.717, 1.165) is 19.2 Å². The molecular weight excluding hydrogens is 306 g/mol. The zero-order valence-electron chi connectivity index (χ0n) is 13.6. The summed E-state index contributed by atoms with van der Waals surface area (Å²) in [7, 11) is 0.0671. The minimum absolute atomic E-state index is 0.0472. The number of carbonyl (C=O) groups excluding carboxylic acids is 1. The van der Waals surface area contributed by atoms with Gasteiger partial charge in [0.2, 0.25) is 0 Å². The number of ether oxygens (including phenoxy) is 1. The number of carbonyl (C=O) groups is 2. The van der Waals surface area contributed by atoms with Crippen LogP contribution in [0.15, 0.2) is 12.1 Å². The molecule has 0 spiro atoms. The third-order valence-electron chi connectivity index (χ3n) is 4.28. The maximum atomic E-state index is 14.3. The molecule has 1 aromatic rings. The van der Waals surface area contributed by atoms with Gasteiger partial charge in [-0.25, -0.2) is 14.0 Å². The standard InChI is InChI=1S/C15H18BFO6/c1-14(2)15(3,4)23-16(22-14)10-6-9(13(20)21-5)8(12(18)19)7-11(10)17/h6-7H,1-5H3,(H,18,19). The highest BCUT2D eigenvalue weighted by molar-refractivity contribution is 6.62. The van der Waals surface area contributed by atoms with Gasteiger partial charge in [-0.05, 0) is 39.8 Å². The monoisotopic (exact) mass is 324 g/mol. The summed E-state index contributed by atoms with van der Waals surface area (Å²) in [4.78, 5) is 23.0. The normalized spacial score (nSPS) is 18.8. The third-order valence-corrected chi connectivity index (χ3v) is 4.28. The molecule has 0 radical (unpaired) electrons. The highest BCUT2D eigenvalue weighted by Crippen LogP contribution is 2.36. The van der Waals surface area contributed by atoms with Gasteiger partial charge in [-0.1, -0.05) is 0 Å². The number of hydrogen-bond donors (Lipinski definition) is 1. The summed E-state index contributed by atoms with van der Waals surface area (Å²) in [6, 6.07) is 1.88. The van der Waals surface area contributed by atoms with Gasteiger partial charge in [0.25, 0.3) is 0 Å². The van der Waals surface area contributed by atoms with Gasteiger partial charge >= 0.3 is 19.1 Å². The Morgan fingerprint density at radius 3 is 2.09 bits per heavy atom. The van der Waals surface area contributed by atoms with Crippen molar-refractivity contribution in [1.29, 1.82) is 0 Å². The van der Waals surface area contributed by atoms with Gasteiger partial charge in [-0.3, -0.25) is 0 Å². The molecule has 23 heavy (non-hydrogen) atoms. The average molecular weight is 324 g/mol. The van der Waals surface area contributed by atoms with Crippen LogP contribution in [-0.4, -0.2) is 42.5 Å². The number of rotatable bonds is 3. The lowest BCUT2D eigenvalue weighted by Crippen LogP contribution is -2.41. The van der Waals surface area contributed by atoms with E-state index in [1.54, 1.807) is 27.7 Å². The Balaban J connectivity index is 2.53. The molecule has 1 heterocycles. The Bertz CT molecular complexity index is 654. The third kappa shape index (κ3) is 2.96. The van der Waals surface area contributed by atoms with Crippen molar-refractivity contribution < 1.29 is 33.1 Å². The van der Waals surface area contributed by atoms with Crippen LogP contribution >= 0.6 is 0 Å². The van der Waals surface area contributed by atoms with Crippen LogP contribution in [0, 0.1) is 5.82 Å². The molecule has 0 aromatic heterocycles. The number of carboxylic acids is 1. The predicted octanol–water partition coefficient (Wildman–Crippen LogP) is 1.61. The largest absolute Gasteiger partial charge is 0.497 e. The molecule has 1 N–H and O–H groups in total. The highest BCUT2D eigenvalue weighted by Gasteiger charge is 2.52. The minimum atomic E-state index is -1.43. The fourth-order valence-corrected chi connectivity index (χ4v) is 2.20. The molecule has 8 heteroatoms. The Morgan fingerprint density at radius 2 is 1.65 bits per heavy atom. The van der Waals surface area contributed by atoms with Crippen molar-refractivity contribution in [1.82, 2.24) is 0 Å². The fraction of sp³-hybridized carbons (Fsp3) is 0.467. The van der Waals surface area contributed by atoms with Crippen LogP contribution < -0.4 is 5.46 Å². The van der Waals surface area contributed by atoms with Crippen LogP contribution in [0.25, 0.3) is 0 Å². The number of benzene rings is 1. The second-order valence-corrected chi connectivity index (χ2v) is 6.30. The van der Waals surface area contributed by atoms with Gasteiger partial charge in [0.05, 0.1) is 29.4 Å². The zero-order valence-corrected chi connectivity index (χ0v) is 13.6. The number of hydrogen-bond acceptors (Lipinski definition) is 5. The van der Waals surface area contributed by atoms with Crippen molar-refractivity contribution in [2.45, 2.75) is 38.9 Å². The second kappa shape index (κ2) is 5.61. The van der Waals surface area contributed by atoms with E-state index >= 15 is 0 Å². The molecule has 6 nitrogen and oxygen atoms in total. The van der Waals surface area contributed by atoms with Crippen molar-refractivity contribution in [3.63, 3.8) is 0 Å². The highest BCUT2D eigenvalue weighted by atomic mass is 19.1. The second-order valence-electron chi connectivity index (χ2n) is 6.30. The van der Waals surface area contributed by atoms with Crippen molar-refractivity contribution in [2.24, 2.45) is 0 Å². The number of aromatic carboxylic acids is 1. The summed E-state index contributed by atoms with van der Waals surface area (Å²) in [6.07, 6.45) is 0. The van der Waals surface area contributed by atoms with E-state index in [9.17, 15) is 14.0 Å². The molecule has 1 saturated heterocycles. The number of esters is 1. The van der Waals surface area contributed by atoms with E-state index in [0.29, 0.717) is 0 Å². The van der Waals surface area contributed by atoms with Gasteiger partial charge in [0, 0.05) is 5.46 Å². The number of halogens is 1. The van der Waals surface area contributed by atoms with Gasteiger partial charge in [0.15, 0.2) is 0 Å². The van der Waals surface area contributed by atoms with Gasteiger partial charge in [0.1, 0.15) is 5.82 Å². The molecule has 1 aliphatic rings. The van der Waals surface area contributed by atoms with E-state index in [4.69, 9.17) is 14.4 Å². The van der Waals surface area contributed by atoms with Crippen LogP contribution in [0.5, 0.6) is 0 Å². The van der Waals surface area contributed by atoms with E-state index in [2.05, 4.69) is 4.74 Å². The summed E-state index contributed by atoms with van der Waals surface area (Å²) in [5.74, 6) is -3.13. The maximum Gasteiger partial charge on any atom is 0.497 e. The summed E-state index contributed by atoms with van der Waals surface area (Å²) in [5, 5.41) is 9.12. The molecule has 1 aromatic carbocycles. The number of methoxy groups -OCH3 is 1. The molecule has 1 aliphatic heterocycles. The van der Waals surface area contributed by atoms with Crippen LogP contribution in [0.4, 0.5) is 4.39 Å². The summed E-state index contributed by atoms with van der Waals surface area (Å²) < 4.78 is 30.4. The van der Waals surface area contributed by atoms with E-state index in [1.165, 1.54) is 0 Å². The molecule has 0 aliphatic carbocycles. The van der Waals surface area contributed by atoms with Crippen LogP contribution in [-0.2, 0) is 14.0 Å². The van der Waals surface area contributed by atoms with Crippen LogP contribution in [0.2, 0.25) is 0 Å². The van der Waals surface area contributed by atoms with Crippen molar-refractivity contribution in [3.05, 3.63) is 29.1 Å². The molecule has 124 valence electrons. The molecule has 0 amide bonds. The van der Waals surface area contributed by atoms with Crippen LogP contribution in [0.1, 0.15) is 48.4 Å². The Labute approximate surface area is 133 Å². The van der Waals surface area contributed by atoms with Crippen molar-refractivity contribution in [3.8, 4) is 0 Å². The maximum absolute atomic E-state index is 14.3. The lowest BCUT2D eigenvalue weighted by molar-refractivity contribution is 0.00578. The molecule has 0 bridgehead atoms. The average Bonchev–Trinajstić information content (AvgIpc) is 2.65. The first-order valence-electron chi connectivity index (χ1n) is 7.01. The zero-order chi connectivity index (χ0) is 17.6. The number of carboxylic acid groups (broad SMARTS) is 1. The first-order chi connectivity index (χ1) is 10.5. The summed E-state index contributed by atoms with van der Waals surface area (Å²) in [5.41, 5.74) is -2.17. The van der Waals surface area contributed by atoms with E-state index in [-0.39, 0.29) is 11.0 Å². The van der Waals surface area contributed by atoms with E-state index < -0.39 is 41.6 Å². The summed E-state index contributed by atoms with van der Waals surface area (Å²) in [6.45, 7) is 7.21. The Morgan fingerprint density at radius 1 is 1.13 bits per heavy atom.